The standard InChI is InChI=1S/C24H22N6O6/c1-15-21(36-20-8-3-2-7-19(20)35-15)23(31)25-9-10-29-22-18(12-27-29)24(32)28(14-26-22)13-16-5-4-6-17(11-16)30(33)34/h2-8,11-12,14-15,21H,9-10,13H2,1H3,(H,25,31). The highest BCUT2D eigenvalue weighted by Crippen LogP contribution is 2.33. The summed E-state index contributed by atoms with van der Waals surface area (Å²) in [6.07, 6.45) is 1.55. The minimum atomic E-state index is -0.798. The molecule has 4 aromatic rings. The smallest absolute Gasteiger partial charge is 0.269 e. The maximum Gasteiger partial charge on any atom is 0.269 e. The second kappa shape index (κ2) is 9.49. The minimum absolute atomic E-state index is 0.0479. The number of para-hydroxylation sites is 2. The van der Waals surface area contributed by atoms with E-state index in [1.54, 1.807) is 37.3 Å². The van der Waals surface area contributed by atoms with Crippen LogP contribution in [-0.2, 0) is 17.9 Å². The van der Waals surface area contributed by atoms with Gasteiger partial charge >= 0.3 is 0 Å². The summed E-state index contributed by atoms with van der Waals surface area (Å²) in [6.45, 7) is 2.43. The lowest BCUT2D eigenvalue weighted by atomic mass is 10.1. The molecule has 1 aliphatic rings. The topological polar surface area (TPSA) is 143 Å². The lowest BCUT2D eigenvalue weighted by molar-refractivity contribution is -0.384. The third-order valence-corrected chi connectivity index (χ3v) is 5.82. The van der Waals surface area contributed by atoms with Crippen molar-refractivity contribution >= 4 is 22.6 Å². The van der Waals surface area contributed by atoms with Gasteiger partial charge in [-0.05, 0) is 24.6 Å². The molecule has 0 saturated heterocycles. The average Bonchev–Trinajstić information content (AvgIpc) is 3.29. The number of fused-ring (bicyclic) bond motifs is 2. The van der Waals surface area contributed by atoms with Crippen LogP contribution in [0.25, 0.3) is 11.0 Å². The molecule has 5 rings (SSSR count). The molecule has 2 atom stereocenters. The molecule has 0 fully saturated rings. The molecule has 12 heteroatoms. The SMILES string of the molecule is CC1Oc2ccccc2OC1C(=O)NCCn1ncc2c(=O)n(Cc3cccc([N+](=O)[O-])c3)cnc21. The molecule has 2 aromatic heterocycles. The number of benzene rings is 2. The predicted molar refractivity (Wildman–Crippen MR) is 128 cm³/mol. The number of hydrogen-bond acceptors (Lipinski definition) is 8. The van der Waals surface area contributed by atoms with Gasteiger partial charge in [0.05, 0.1) is 24.2 Å². The van der Waals surface area contributed by atoms with E-state index in [0.29, 0.717) is 28.1 Å². The highest BCUT2D eigenvalue weighted by Gasteiger charge is 2.33. The van der Waals surface area contributed by atoms with Crippen molar-refractivity contribution in [1.82, 2.24) is 24.6 Å². The number of aromatic nitrogens is 4. The summed E-state index contributed by atoms with van der Waals surface area (Å²) in [5.74, 6) is 0.791. The van der Waals surface area contributed by atoms with Gasteiger partial charge in [0.15, 0.2) is 17.1 Å². The zero-order chi connectivity index (χ0) is 25.2. The van der Waals surface area contributed by atoms with E-state index in [1.165, 1.54) is 33.9 Å². The molecule has 0 saturated carbocycles. The molecule has 36 heavy (non-hydrogen) atoms. The fraction of sp³-hybridized carbons (Fsp3) is 0.250. The molecule has 1 amide bonds. The third kappa shape index (κ3) is 4.48. The van der Waals surface area contributed by atoms with Crippen molar-refractivity contribution in [3.8, 4) is 11.5 Å². The van der Waals surface area contributed by atoms with Gasteiger partial charge in [-0.3, -0.25) is 24.3 Å². The zero-order valence-corrected chi connectivity index (χ0v) is 19.2. The Morgan fingerprint density at radius 3 is 2.72 bits per heavy atom. The van der Waals surface area contributed by atoms with Crippen molar-refractivity contribution in [1.29, 1.82) is 0 Å². The molecular formula is C24H22N6O6. The van der Waals surface area contributed by atoms with Gasteiger partial charge in [-0.15, -0.1) is 0 Å². The summed E-state index contributed by atoms with van der Waals surface area (Å²) in [5, 5.41) is 18.4. The summed E-state index contributed by atoms with van der Waals surface area (Å²) in [6, 6.07) is 13.3. The first-order valence-corrected chi connectivity index (χ1v) is 11.2. The first-order chi connectivity index (χ1) is 17.4. The van der Waals surface area contributed by atoms with Crippen molar-refractivity contribution in [2.45, 2.75) is 32.2 Å². The summed E-state index contributed by atoms with van der Waals surface area (Å²) in [4.78, 5) is 40.5. The second-order valence-corrected chi connectivity index (χ2v) is 8.31. The largest absolute Gasteiger partial charge is 0.482 e. The van der Waals surface area contributed by atoms with Crippen molar-refractivity contribution in [3.05, 3.63) is 87.1 Å². The van der Waals surface area contributed by atoms with Gasteiger partial charge < -0.3 is 14.8 Å². The lowest BCUT2D eigenvalue weighted by Gasteiger charge is -2.31. The number of nitro benzene ring substituents is 1. The Kier molecular flexibility index (Phi) is 6.07. The van der Waals surface area contributed by atoms with E-state index in [2.05, 4.69) is 15.4 Å². The Hall–Kier alpha value is -4.74. The van der Waals surface area contributed by atoms with Crippen LogP contribution in [0.4, 0.5) is 5.69 Å². The first-order valence-electron chi connectivity index (χ1n) is 11.2. The molecule has 0 spiro atoms. The zero-order valence-electron chi connectivity index (χ0n) is 19.2. The van der Waals surface area contributed by atoms with Gasteiger partial charge in [0.1, 0.15) is 17.8 Å². The fourth-order valence-electron chi connectivity index (χ4n) is 4.03. The lowest BCUT2D eigenvalue weighted by Crippen LogP contribution is -2.49. The van der Waals surface area contributed by atoms with Crippen LogP contribution in [0.5, 0.6) is 11.5 Å². The summed E-state index contributed by atoms with van der Waals surface area (Å²) < 4.78 is 14.5. The number of non-ortho nitro benzene ring substituents is 1. The Bertz CT molecular complexity index is 1510. The number of amides is 1. The number of nitrogens with one attached hydrogen (secondary N) is 1. The molecule has 2 aromatic carbocycles. The van der Waals surface area contributed by atoms with Gasteiger partial charge in [0, 0.05) is 18.7 Å². The third-order valence-electron chi connectivity index (χ3n) is 5.82. The van der Waals surface area contributed by atoms with Gasteiger partial charge in [-0.2, -0.15) is 5.10 Å². The second-order valence-electron chi connectivity index (χ2n) is 8.31. The number of carbonyl (C=O) groups is 1. The maximum absolute atomic E-state index is 12.9. The number of rotatable bonds is 7. The molecule has 12 nitrogen and oxygen atoms in total. The quantitative estimate of drug-likeness (QED) is 0.306. The van der Waals surface area contributed by atoms with Crippen LogP contribution in [0.1, 0.15) is 12.5 Å². The van der Waals surface area contributed by atoms with Crippen LogP contribution in [0, 0.1) is 10.1 Å². The van der Waals surface area contributed by atoms with Crippen molar-refractivity contribution < 1.29 is 19.2 Å². The van der Waals surface area contributed by atoms with E-state index in [1.807, 2.05) is 6.07 Å². The number of carbonyl (C=O) groups excluding carboxylic acids is 1. The summed E-state index contributed by atoms with van der Waals surface area (Å²) >= 11 is 0. The maximum atomic E-state index is 12.9. The minimum Gasteiger partial charge on any atom is -0.482 e. The normalized spacial score (nSPS) is 16.6. The van der Waals surface area contributed by atoms with E-state index < -0.39 is 17.1 Å². The first kappa shape index (κ1) is 23.0. The van der Waals surface area contributed by atoms with E-state index in [4.69, 9.17) is 9.47 Å². The van der Waals surface area contributed by atoms with E-state index in [0.717, 1.165) is 0 Å². The van der Waals surface area contributed by atoms with E-state index >= 15 is 0 Å². The van der Waals surface area contributed by atoms with Crippen molar-refractivity contribution in [3.63, 3.8) is 0 Å². The highest BCUT2D eigenvalue weighted by atomic mass is 16.6. The number of nitrogens with zero attached hydrogens (tertiary/aromatic N) is 5. The van der Waals surface area contributed by atoms with Gasteiger partial charge in [0.25, 0.3) is 17.2 Å². The molecule has 2 unspecified atom stereocenters. The average molecular weight is 490 g/mol. The number of nitro groups is 1. The molecule has 1 N–H and O–H groups in total. The van der Waals surface area contributed by atoms with Crippen molar-refractivity contribution in [2.75, 3.05) is 6.54 Å². The summed E-state index contributed by atoms with van der Waals surface area (Å²) in [5.41, 5.74) is 0.618. The molecule has 0 aliphatic carbocycles. The van der Waals surface area contributed by atoms with Gasteiger partial charge in [-0.1, -0.05) is 24.3 Å². The molecule has 0 bridgehead atoms. The van der Waals surface area contributed by atoms with Crippen LogP contribution >= 0.6 is 0 Å². The van der Waals surface area contributed by atoms with E-state index in [-0.39, 0.29) is 36.8 Å². The molecule has 3 heterocycles. The van der Waals surface area contributed by atoms with Gasteiger partial charge in [-0.25, -0.2) is 9.67 Å². The number of ether oxygens (including phenoxy) is 2. The van der Waals surface area contributed by atoms with Crippen LogP contribution in [0.15, 0.2) is 65.8 Å². The Morgan fingerprint density at radius 1 is 1.17 bits per heavy atom. The monoisotopic (exact) mass is 490 g/mol. The summed E-state index contributed by atoms with van der Waals surface area (Å²) in [7, 11) is 0. The van der Waals surface area contributed by atoms with Crippen LogP contribution < -0.4 is 20.3 Å². The molecule has 0 radical (unpaired) electrons. The Labute approximate surface area is 204 Å². The fourth-order valence-corrected chi connectivity index (χ4v) is 4.03. The van der Waals surface area contributed by atoms with E-state index in [9.17, 15) is 19.7 Å². The molecule has 184 valence electrons. The van der Waals surface area contributed by atoms with Crippen LogP contribution in [-0.4, -0.2) is 48.9 Å². The predicted octanol–water partition coefficient (Wildman–Crippen LogP) is 1.89. The number of hydrogen-bond donors (Lipinski definition) is 1. The molecule has 1 aliphatic heterocycles. The van der Waals surface area contributed by atoms with Crippen LogP contribution in [0.3, 0.4) is 0 Å². The van der Waals surface area contributed by atoms with Crippen LogP contribution in [0.2, 0.25) is 0 Å². The van der Waals surface area contributed by atoms with Crippen molar-refractivity contribution in [2.24, 2.45) is 0 Å². The highest BCUT2D eigenvalue weighted by molar-refractivity contribution is 5.82. The Balaban J connectivity index is 1.24. The Morgan fingerprint density at radius 2 is 1.94 bits per heavy atom. The van der Waals surface area contributed by atoms with Gasteiger partial charge in [0.2, 0.25) is 6.10 Å². The molecular weight excluding hydrogens is 468 g/mol.